The van der Waals surface area contributed by atoms with Crippen LogP contribution in [0, 0.1) is 5.92 Å². The average molecular weight is 250 g/mol. The van der Waals surface area contributed by atoms with Crippen molar-refractivity contribution in [2.75, 3.05) is 6.61 Å². The summed E-state index contributed by atoms with van der Waals surface area (Å²) in [5.74, 6) is -1.07. The molecule has 0 fully saturated rings. The first kappa shape index (κ1) is 14.2. The smallest absolute Gasteiger partial charge is 0.338 e. The van der Waals surface area contributed by atoms with Crippen molar-refractivity contribution in [1.29, 1.82) is 0 Å². The molecule has 18 heavy (non-hydrogen) atoms. The first-order valence-corrected chi connectivity index (χ1v) is 6.05. The van der Waals surface area contributed by atoms with Crippen LogP contribution in [0.2, 0.25) is 0 Å². The summed E-state index contributed by atoms with van der Waals surface area (Å²) >= 11 is 0. The maximum Gasteiger partial charge on any atom is 0.338 e. The Bertz CT molecular complexity index is 408. The van der Waals surface area contributed by atoms with Gasteiger partial charge in [0.2, 0.25) is 0 Å². The molecule has 1 N–H and O–H groups in total. The van der Waals surface area contributed by atoms with Gasteiger partial charge in [-0.2, -0.15) is 0 Å². The Morgan fingerprint density at radius 3 is 2.28 bits per heavy atom. The van der Waals surface area contributed by atoms with Gasteiger partial charge in [0, 0.05) is 0 Å². The summed E-state index contributed by atoms with van der Waals surface area (Å²) in [5.41, 5.74) is 0.537. The fourth-order valence-electron chi connectivity index (χ4n) is 1.63. The molecule has 0 saturated carbocycles. The Labute approximate surface area is 107 Å². The van der Waals surface area contributed by atoms with Gasteiger partial charge >= 0.3 is 11.9 Å². The van der Waals surface area contributed by atoms with Gasteiger partial charge in [-0.05, 0) is 36.6 Å². The Morgan fingerprint density at radius 1 is 1.22 bits per heavy atom. The molecule has 0 bridgehead atoms. The fourth-order valence-corrected chi connectivity index (χ4v) is 1.63. The fraction of sp³-hybridized carbons (Fsp3) is 0.429. The highest BCUT2D eigenvalue weighted by Crippen LogP contribution is 2.09. The molecule has 4 heteroatoms. The molecular formula is C14H18O4. The highest BCUT2D eigenvalue weighted by molar-refractivity contribution is 5.92. The second kappa shape index (κ2) is 6.79. The first-order chi connectivity index (χ1) is 8.54. The van der Waals surface area contributed by atoms with Crippen LogP contribution >= 0.6 is 0 Å². The van der Waals surface area contributed by atoms with E-state index in [1.807, 2.05) is 6.92 Å². The van der Waals surface area contributed by atoms with Gasteiger partial charge in [0.15, 0.2) is 0 Å². The Kier molecular flexibility index (Phi) is 5.36. The summed E-state index contributed by atoms with van der Waals surface area (Å²) in [5, 5.41) is 8.73. The number of hydrogen-bond acceptors (Lipinski definition) is 3. The molecule has 1 aromatic rings. The topological polar surface area (TPSA) is 63.6 Å². The van der Waals surface area contributed by atoms with Crippen LogP contribution in [-0.2, 0) is 4.74 Å². The third kappa shape index (κ3) is 4.20. The van der Waals surface area contributed by atoms with Gasteiger partial charge in [-0.15, -0.1) is 0 Å². The predicted molar refractivity (Wildman–Crippen MR) is 67.8 cm³/mol. The number of rotatable bonds is 6. The van der Waals surface area contributed by atoms with E-state index in [1.165, 1.54) is 24.3 Å². The van der Waals surface area contributed by atoms with Crippen molar-refractivity contribution in [1.82, 2.24) is 0 Å². The van der Waals surface area contributed by atoms with E-state index in [4.69, 9.17) is 9.84 Å². The molecule has 1 atom stereocenters. The van der Waals surface area contributed by atoms with E-state index in [1.54, 1.807) is 0 Å². The summed E-state index contributed by atoms with van der Waals surface area (Å²) in [6.45, 7) is 4.51. The second-order valence-electron chi connectivity index (χ2n) is 4.37. The largest absolute Gasteiger partial charge is 0.478 e. The zero-order valence-corrected chi connectivity index (χ0v) is 10.7. The predicted octanol–water partition coefficient (Wildman–Crippen LogP) is 2.98. The minimum absolute atomic E-state index is 0.158. The van der Waals surface area contributed by atoms with E-state index < -0.39 is 11.9 Å². The Balaban J connectivity index is 2.54. The summed E-state index contributed by atoms with van der Waals surface area (Å²) in [6.07, 6.45) is 2.08. The first-order valence-electron chi connectivity index (χ1n) is 6.05. The van der Waals surface area contributed by atoms with Crippen LogP contribution in [0.25, 0.3) is 0 Å². The number of esters is 1. The molecule has 0 saturated heterocycles. The van der Waals surface area contributed by atoms with Crippen molar-refractivity contribution in [2.45, 2.75) is 26.7 Å². The molecule has 1 unspecified atom stereocenters. The molecule has 0 aromatic heterocycles. The maximum absolute atomic E-state index is 11.7. The highest BCUT2D eigenvalue weighted by Gasteiger charge is 2.10. The average Bonchev–Trinajstić information content (AvgIpc) is 2.36. The standard InChI is InChI=1S/C14H18O4/c1-3-4-10(2)9-18-14(17)12-7-5-11(6-8-12)13(15)16/h5-8,10H,3-4,9H2,1-2H3,(H,15,16). The lowest BCUT2D eigenvalue weighted by Gasteiger charge is -2.10. The molecule has 1 aromatic carbocycles. The monoisotopic (exact) mass is 250 g/mol. The molecule has 0 aliphatic rings. The molecule has 0 aliphatic carbocycles. The molecule has 4 nitrogen and oxygen atoms in total. The van der Waals surface area contributed by atoms with Crippen molar-refractivity contribution in [2.24, 2.45) is 5.92 Å². The number of carboxylic acid groups (broad SMARTS) is 1. The van der Waals surface area contributed by atoms with Crippen LogP contribution in [0.5, 0.6) is 0 Å². The Hall–Kier alpha value is -1.84. The third-order valence-electron chi connectivity index (χ3n) is 2.65. The van der Waals surface area contributed by atoms with Crippen LogP contribution in [-0.4, -0.2) is 23.7 Å². The van der Waals surface area contributed by atoms with Crippen molar-refractivity contribution >= 4 is 11.9 Å². The van der Waals surface area contributed by atoms with Gasteiger partial charge in [-0.25, -0.2) is 9.59 Å². The molecule has 0 spiro atoms. The van der Waals surface area contributed by atoms with E-state index >= 15 is 0 Å². The van der Waals surface area contributed by atoms with E-state index in [0.717, 1.165) is 12.8 Å². The second-order valence-corrected chi connectivity index (χ2v) is 4.37. The lowest BCUT2D eigenvalue weighted by Crippen LogP contribution is -2.12. The van der Waals surface area contributed by atoms with Crippen molar-refractivity contribution in [3.63, 3.8) is 0 Å². The van der Waals surface area contributed by atoms with Gasteiger partial charge in [0.25, 0.3) is 0 Å². The number of carbonyl (C=O) groups is 2. The molecular weight excluding hydrogens is 232 g/mol. The number of carbonyl (C=O) groups excluding carboxylic acids is 1. The summed E-state index contributed by atoms with van der Waals surface area (Å²) in [4.78, 5) is 22.3. The van der Waals surface area contributed by atoms with Crippen LogP contribution in [0.4, 0.5) is 0 Å². The lowest BCUT2D eigenvalue weighted by atomic mass is 10.1. The zero-order chi connectivity index (χ0) is 13.5. The van der Waals surface area contributed by atoms with Crippen molar-refractivity contribution in [3.8, 4) is 0 Å². The summed E-state index contributed by atoms with van der Waals surface area (Å²) in [6, 6.07) is 5.73. The molecule has 0 amide bonds. The maximum atomic E-state index is 11.7. The lowest BCUT2D eigenvalue weighted by molar-refractivity contribution is 0.0443. The van der Waals surface area contributed by atoms with Crippen LogP contribution in [0.3, 0.4) is 0 Å². The number of hydrogen-bond donors (Lipinski definition) is 1. The van der Waals surface area contributed by atoms with Gasteiger partial charge in [0.1, 0.15) is 0 Å². The summed E-state index contributed by atoms with van der Waals surface area (Å²) < 4.78 is 5.16. The van der Waals surface area contributed by atoms with E-state index in [0.29, 0.717) is 18.1 Å². The van der Waals surface area contributed by atoms with Crippen molar-refractivity contribution < 1.29 is 19.4 Å². The molecule has 0 aliphatic heterocycles. The quantitative estimate of drug-likeness (QED) is 0.788. The number of ether oxygens (including phenoxy) is 1. The minimum atomic E-state index is -1.01. The highest BCUT2D eigenvalue weighted by atomic mass is 16.5. The van der Waals surface area contributed by atoms with E-state index in [9.17, 15) is 9.59 Å². The van der Waals surface area contributed by atoms with Crippen LogP contribution < -0.4 is 0 Å². The zero-order valence-electron chi connectivity index (χ0n) is 10.7. The molecule has 1 rings (SSSR count). The van der Waals surface area contributed by atoms with Crippen LogP contribution in [0.1, 0.15) is 47.4 Å². The normalized spacial score (nSPS) is 11.9. The van der Waals surface area contributed by atoms with E-state index in [-0.39, 0.29) is 5.56 Å². The molecule has 0 heterocycles. The summed E-state index contributed by atoms with van der Waals surface area (Å²) in [7, 11) is 0. The third-order valence-corrected chi connectivity index (χ3v) is 2.65. The molecule has 0 radical (unpaired) electrons. The number of benzene rings is 1. The van der Waals surface area contributed by atoms with Crippen LogP contribution in [0.15, 0.2) is 24.3 Å². The van der Waals surface area contributed by atoms with Gasteiger partial charge in [-0.1, -0.05) is 20.3 Å². The number of carboxylic acids is 1. The Morgan fingerprint density at radius 2 is 1.78 bits per heavy atom. The molecule has 98 valence electrons. The van der Waals surface area contributed by atoms with Gasteiger partial charge in [0.05, 0.1) is 17.7 Å². The van der Waals surface area contributed by atoms with Crippen molar-refractivity contribution in [3.05, 3.63) is 35.4 Å². The van der Waals surface area contributed by atoms with Gasteiger partial charge < -0.3 is 9.84 Å². The number of aromatic carboxylic acids is 1. The van der Waals surface area contributed by atoms with Gasteiger partial charge in [-0.3, -0.25) is 0 Å². The van der Waals surface area contributed by atoms with E-state index in [2.05, 4.69) is 6.92 Å². The SMILES string of the molecule is CCCC(C)COC(=O)c1ccc(C(=O)O)cc1. The minimum Gasteiger partial charge on any atom is -0.478 e.